The number of hydrogen-bond donors (Lipinski definition) is 1. The first-order chi connectivity index (χ1) is 11.5. The van der Waals surface area contributed by atoms with Crippen molar-refractivity contribution in [2.45, 2.75) is 6.92 Å². The summed E-state index contributed by atoms with van der Waals surface area (Å²) in [5.74, 6) is -0.558. The fourth-order valence-electron chi connectivity index (χ4n) is 1.94. The molecule has 0 saturated heterocycles. The van der Waals surface area contributed by atoms with Crippen LogP contribution >= 0.6 is 0 Å². The number of nitro benzene ring substituents is 1. The minimum atomic E-state index is -0.595. The van der Waals surface area contributed by atoms with Crippen molar-refractivity contribution < 1.29 is 18.8 Å². The molecule has 24 heavy (non-hydrogen) atoms. The monoisotopic (exact) mass is 330 g/mol. The van der Waals surface area contributed by atoms with Crippen LogP contribution in [0.4, 0.5) is 15.8 Å². The lowest BCUT2D eigenvalue weighted by Crippen LogP contribution is -2.09. The van der Waals surface area contributed by atoms with Crippen molar-refractivity contribution in [3.05, 3.63) is 70.0 Å². The number of anilines is 1. The van der Waals surface area contributed by atoms with Gasteiger partial charge < -0.3 is 10.1 Å². The van der Waals surface area contributed by atoms with Gasteiger partial charge in [0.25, 0.3) is 5.69 Å². The molecule has 0 unspecified atom stereocenters. The van der Waals surface area contributed by atoms with E-state index < -0.39 is 10.8 Å². The van der Waals surface area contributed by atoms with E-state index in [1.807, 2.05) is 0 Å². The third-order valence-corrected chi connectivity index (χ3v) is 3.03. The highest BCUT2D eigenvalue weighted by Gasteiger charge is 2.16. The molecule has 0 atom stereocenters. The van der Waals surface area contributed by atoms with Crippen molar-refractivity contribution in [2.24, 2.45) is 0 Å². The number of amides is 1. The third kappa shape index (κ3) is 4.64. The SMILES string of the molecule is CCOc1ccc(NC(=O)C=Cc2ccc(F)cc2)c([N+](=O)[O-])c1. The number of rotatable bonds is 6. The highest BCUT2D eigenvalue weighted by molar-refractivity contribution is 6.03. The standard InChI is InChI=1S/C17H15FN2O4/c1-2-24-14-8-9-15(16(11-14)20(22)23)19-17(21)10-5-12-3-6-13(18)7-4-12/h3-11H,2H2,1H3,(H,19,21). The summed E-state index contributed by atoms with van der Waals surface area (Å²) < 4.78 is 18.0. The second-order valence-electron chi connectivity index (χ2n) is 4.74. The van der Waals surface area contributed by atoms with Gasteiger partial charge in [-0.05, 0) is 42.8 Å². The van der Waals surface area contributed by atoms with Gasteiger partial charge in [0.1, 0.15) is 17.3 Å². The summed E-state index contributed by atoms with van der Waals surface area (Å²) >= 11 is 0. The summed E-state index contributed by atoms with van der Waals surface area (Å²) in [4.78, 5) is 22.4. The van der Waals surface area contributed by atoms with Crippen LogP contribution in [0.3, 0.4) is 0 Å². The molecule has 2 aromatic carbocycles. The largest absolute Gasteiger partial charge is 0.494 e. The quantitative estimate of drug-likeness (QED) is 0.496. The molecule has 0 spiro atoms. The van der Waals surface area contributed by atoms with Crippen LogP contribution in [0.2, 0.25) is 0 Å². The fourth-order valence-corrected chi connectivity index (χ4v) is 1.94. The molecule has 0 bridgehead atoms. The number of benzene rings is 2. The van der Waals surface area contributed by atoms with Gasteiger partial charge in [0.05, 0.1) is 17.6 Å². The maximum Gasteiger partial charge on any atom is 0.296 e. The minimum Gasteiger partial charge on any atom is -0.494 e. The van der Waals surface area contributed by atoms with Gasteiger partial charge in [0, 0.05) is 6.08 Å². The van der Waals surface area contributed by atoms with Crippen LogP contribution in [0.25, 0.3) is 6.08 Å². The Morgan fingerprint density at radius 1 is 1.29 bits per heavy atom. The Bertz CT molecular complexity index is 773. The zero-order valence-corrected chi connectivity index (χ0v) is 12.9. The molecule has 7 heteroatoms. The van der Waals surface area contributed by atoms with Crippen molar-refractivity contribution in [3.63, 3.8) is 0 Å². The van der Waals surface area contributed by atoms with E-state index in [9.17, 15) is 19.3 Å². The van der Waals surface area contributed by atoms with Crippen LogP contribution < -0.4 is 10.1 Å². The number of nitrogens with one attached hydrogen (secondary N) is 1. The zero-order valence-electron chi connectivity index (χ0n) is 12.9. The second kappa shape index (κ2) is 7.87. The first-order valence-electron chi connectivity index (χ1n) is 7.15. The Hall–Kier alpha value is -3.22. The summed E-state index contributed by atoms with van der Waals surface area (Å²) in [5, 5.41) is 13.6. The van der Waals surface area contributed by atoms with E-state index in [4.69, 9.17) is 4.74 Å². The Morgan fingerprint density at radius 2 is 2.00 bits per heavy atom. The van der Waals surface area contributed by atoms with Gasteiger partial charge in [-0.2, -0.15) is 0 Å². The number of hydrogen-bond acceptors (Lipinski definition) is 4. The smallest absolute Gasteiger partial charge is 0.296 e. The number of carbonyl (C=O) groups excluding carboxylic acids is 1. The lowest BCUT2D eigenvalue weighted by molar-refractivity contribution is -0.384. The van der Waals surface area contributed by atoms with E-state index in [1.54, 1.807) is 6.92 Å². The lowest BCUT2D eigenvalue weighted by Gasteiger charge is -2.07. The Labute approximate surface area is 137 Å². The van der Waals surface area contributed by atoms with Gasteiger partial charge in [-0.25, -0.2) is 4.39 Å². The molecular formula is C17H15FN2O4. The number of nitro groups is 1. The van der Waals surface area contributed by atoms with Gasteiger partial charge in [-0.1, -0.05) is 12.1 Å². The lowest BCUT2D eigenvalue weighted by atomic mass is 10.2. The van der Waals surface area contributed by atoms with Gasteiger partial charge in [0.15, 0.2) is 0 Å². The minimum absolute atomic E-state index is 0.0669. The average Bonchev–Trinajstić information content (AvgIpc) is 2.56. The highest BCUT2D eigenvalue weighted by atomic mass is 19.1. The molecule has 0 heterocycles. The molecule has 124 valence electrons. The van der Waals surface area contributed by atoms with E-state index >= 15 is 0 Å². The number of nitrogens with zero attached hydrogens (tertiary/aromatic N) is 1. The van der Waals surface area contributed by atoms with Gasteiger partial charge in [-0.3, -0.25) is 14.9 Å². The van der Waals surface area contributed by atoms with Crippen molar-refractivity contribution >= 4 is 23.4 Å². The van der Waals surface area contributed by atoms with E-state index in [0.29, 0.717) is 17.9 Å². The summed E-state index contributed by atoms with van der Waals surface area (Å²) in [6.07, 6.45) is 2.70. The summed E-state index contributed by atoms with van der Waals surface area (Å²) in [6, 6.07) is 9.77. The molecule has 1 N–H and O–H groups in total. The molecule has 2 aromatic rings. The van der Waals surface area contributed by atoms with Gasteiger partial charge in [-0.15, -0.1) is 0 Å². The van der Waals surface area contributed by atoms with Crippen LogP contribution in [-0.4, -0.2) is 17.4 Å². The summed E-state index contributed by atoms with van der Waals surface area (Å²) in [5.41, 5.74) is 0.439. The van der Waals surface area contributed by atoms with Crippen LogP contribution in [0.1, 0.15) is 12.5 Å². The van der Waals surface area contributed by atoms with E-state index in [-0.39, 0.29) is 17.2 Å². The topological polar surface area (TPSA) is 81.5 Å². The van der Waals surface area contributed by atoms with Crippen LogP contribution in [0, 0.1) is 15.9 Å². The van der Waals surface area contributed by atoms with E-state index in [1.165, 1.54) is 54.6 Å². The first kappa shape index (κ1) is 17.1. The van der Waals surface area contributed by atoms with Crippen molar-refractivity contribution in [1.82, 2.24) is 0 Å². The highest BCUT2D eigenvalue weighted by Crippen LogP contribution is 2.29. The molecule has 0 aliphatic heterocycles. The van der Waals surface area contributed by atoms with E-state index in [2.05, 4.69) is 5.32 Å². The number of ether oxygens (including phenoxy) is 1. The van der Waals surface area contributed by atoms with Crippen LogP contribution in [0.15, 0.2) is 48.5 Å². The fraction of sp³-hybridized carbons (Fsp3) is 0.118. The number of halogens is 1. The Morgan fingerprint density at radius 3 is 2.62 bits per heavy atom. The third-order valence-electron chi connectivity index (χ3n) is 3.03. The van der Waals surface area contributed by atoms with Crippen molar-refractivity contribution in [1.29, 1.82) is 0 Å². The molecule has 2 rings (SSSR count). The molecular weight excluding hydrogens is 315 g/mol. The zero-order chi connectivity index (χ0) is 17.5. The van der Waals surface area contributed by atoms with Crippen molar-refractivity contribution in [3.8, 4) is 5.75 Å². The summed E-state index contributed by atoms with van der Waals surface area (Å²) in [6.45, 7) is 2.14. The molecule has 0 saturated carbocycles. The molecule has 1 amide bonds. The molecule has 0 aliphatic rings. The number of carbonyl (C=O) groups is 1. The van der Waals surface area contributed by atoms with Crippen molar-refractivity contribution in [2.75, 3.05) is 11.9 Å². The van der Waals surface area contributed by atoms with Crippen LogP contribution in [0.5, 0.6) is 5.75 Å². The van der Waals surface area contributed by atoms with Gasteiger partial charge >= 0.3 is 0 Å². The molecule has 0 fully saturated rings. The Kier molecular flexibility index (Phi) is 5.62. The predicted molar refractivity (Wildman–Crippen MR) is 88.3 cm³/mol. The Balaban J connectivity index is 2.13. The van der Waals surface area contributed by atoms with Gasteiger partial charge in [0.2, 0.25) is 5.91 Å². The predicted octanol–water partition coefficient (Wildman–Crippen LogP) is 3.78. The molecule has 0 aromatic heterocycles. The average molecular weight is 330 g/mol. The maximum atomic E-state index is 12.8. The van der Waals surface area contributed by atoms with Crippen LogP contribution in [-0.2, 0) is 4.79 Å². The molecule has 6 nitrogen and oxygen atoms in total. The second-order valence-corrected chi connectivity index (χ2v) is 4.74. The van der Waals surface area contributed by atoms with E-state index in [0.717, 1.165) is 0 Å². The first-order valence-corrected chi connectivity index (χ1v) is 7.15. The normalized spacial score (nSPS) is 10.6. The molecule has 0 aliphatic carbocycles. The maximum absolute atomic E-state index is 12.8. The molecule has 0 radical (unpaired) electrons. The summed E-state index contributed by atoms with van der Waals surface area (Å²) in [7, 11) is 0.